The van der Waals surface area contributed by atoms with E-state index in [0.29, 0.717) is 0 Å². The first kappa shape index (κ1) is 14.3. The monoisotopic (exact) mass is 355 g/mol. The minimum absolute atomic E-state index is 0.202. The molecule has 20 heavy (non-hydrogen) atoms. The Labute approximate surface area is 131 Å². The lowest BCUT2D eigenvalue weighted by atomic mass is 10.2. The molecule has 3 rings (SSSR count). The van der Waals surface area contributed by atoms with Crippen molar-refractivity contribution in [2.75, 3.05) is 26.2 Å². The van der Waals surface area contributed by atoms with Crippen molar-refractivity contribution in [2.45, 2.75) is 19.6 Å². The topological polar surface area (TPSA) is 33.2 Å². The zero-order chi connectivity index (χ0) is 14.1. The Morgan fingerprint density at radius 1 is 1.50 bits per heavy atom. The number of halogens is 1. The van der Waals surface area contributed by atoms with Crippen LogP contribution in [-0.4, -0.2) is 46.8 Å². The highest BCUT2D eigenvalue weighted by Crippen LogP contribution is 2.21. The highest BCUT2D eigenvalue weighted by Gasteiger charge is 2.20. The summed E-state index contributed by atoms with van der Waals surface area (Å²) >= 11 is 8.97. The number of fused-ring (bicyclic) bond motifs is 1. The molecule has 0 bridgehead atoms. The molecule has 1 N–H and O–H groups in total. The Morgan fingerprint density at radius 3 is 3.15 bits per heavy atom. The van der Waals surface area contributed by atoms with Crippen LogP contribution in [0.25, 0.3) is 11.0 Å². The molecule has 108 valence electrons. The van der Waals surface area contributed by atoms with Crippen molar-refractivity contribution in [3.8, 4) is 0 Å². The highest BCUT2D eigenvalue weighted by molar-refractivity contribution is 9.10. The van der Waals surface area contributed by atoms with Gasteiger partial charge >= 0.3 is 0 Å². The van der Waals surface area contributed by atoms with Crippen LogP contribution in [0.3, 0.4) is 0 Å². The molecule has 1 atom stereocenters. The minimum Gasteiger partial charge on any atom is -0.374 e. The summed E-state index contributed by atoms with van der Waals surface area (Å²) in [7, 11) is 0. The van der Waals surface area contributed by atoms with E-state index in [1.807, 2.05) is 12.1 Å². The summed E-state index contributed by atoms with van der Waals surface area (Å²) in [5.74, 6) is 0. The highest BCUT2D eigenvalue weighted by atomic mass is 79.9. The van der Waals surface area contributed by atoms with Crippen molar-refractivity contribution in [3.63, 3.8) is 0 Å². The number of imidazole rings is 1. The number of H-pyrrole nitrogens is 1. The molecule has 1 aromatic heterocycles. The lowest BCUT2D eigenvalue weighted by Gasteiger charge is -2.32. The van der Waals surface area contributed by atoms with Crippen LogP contribution in [0, 0.1) is 4.77 Å². The van der Waals surface area contributed by atoms with Crippen LogP contribution in [0.1, 0.15) is 6.92 Å². The number of rotatable bonds is 3. The van der Waals surface area contributed by atoms with Crippen molar-refractivity contribution in [3.05, 3.63) is 27.4 Å². The number of nitrogens with one attached hydrogen (secondary N) is 1. The van der Waals surface area contributed by atoms with Crippen molar-refractivity contribution in [1.82, 2.24) is 14.5 Å². The second-order valence-corrected chi connectivity index (χ2v) is 6.39. The van der Waals surface area contributed by atoms with Crippen LogP contribution in [-0.2, 0) is 11.3 Å². The Kier molecular flexibility index (Phi) is 4.26. The van der Waals surface area contributed by atoms with Gasteiger partial charge in [0.05, 0.1) is 30.3 Å². The van der Waals surface area contributed by atoms with E-state index in [0.717, 1.165) is 53.1 Å². The summed E-state index contributed by atoms with van der Waals surface area (Å²) in [4.78, 5) is 5.68. The van der Waals surface area contributed by atoms with Gasteiger partial charge in [-0.15, -0.1) is 0 Å². The summed E-state index contributed by atoms with van der Waals surface area (Å²) < 4.78 is 9.84. The Morgan fingerprint density at radius 2 is 2.35 bits per heavy atom. The summed E-state index contributed by atoms with van der Waals surface area (Å²) in [6.45, 7) is 6.86. The van der Waals surface area contributed by atoms with Crippen LogP contribution in [0.2, 0.25) is 0 Å². The standard InChI is InChI=1S/C14H18BrN3OS/c1-2-17-5-6-19-11(8-17)9-18-13-7-10(15)3-4-12(13)16-14(18)20/h3-4,7,11H,2,5-6,8-9H2,1H3,(H,16,20). The number of likely N-dealkylation sites (N-methyl/N-ethyl adjacent to an activating group) is 1. The van der Waals surface area contributed by atoms with Crippen LogP contribution < -0.4 is 0 Å². The maximum absolute atomic E-state index is 5.88. The number of aromatic amines is 1. The van der Waals surface area contributed by atoms with Crippen LogP contribution >= 0.6 is 28.1 Å². The lowest BCUT2D eigenvalue weighted by Crippen LogP contribution is -2.43. The predicted molar refractivity (Wildman–Crippen MR) is 86.7 cm³/mol. The third kappa shape index (κ3) is 2.83. The van der Waals surface area contributed by atoms with E-state index in [2.05, 4.69) is 43.4 Å². The first-order chi connectivity index (χ1) is 9.67. The predicted octanol–water partition coefficient (Wildman–Crippen LogP) is 3.18. The van der Waals surface area contributed by atoms with E-state index < -0.39 is 0 Å². The summed E-state index contributed by atoms with van der Waals surface area (Å²) in [6.07, 6.45) is 0.202. The van der Waals surface area contributed by atoms with Gasteiger partial charge in [-0.25, -0.2) is 0 Å². The molecular weight excluding hydrogens is 338 g/mol. The SMILES string of the molecule is CCN1CCOC(Cn2c(=S)[nH]c3ccc(Br)cc32)C1. The maximum Gasteiger partial charge on any atom is 0.178 e. The molecule has 1 aliphatic heterocycles. The average molecular weight is 356 g/mol. The van der Waals surface area contributed by atoms with Crippen molar-refractivity contribution in [1.29, 1.82) is 0 Å². The molecule has 2 aromatic rings. The van der Waals surface area contributed by atoms with E-state index >= 15 is 0 Å². The van der Waals surface area contributed by atoms with Gasteiger partial charge in [-0.1, -0.05) is 22.9 Å². The van der Waals surface area contributed by atoms with E-state index in [1.165, 1.54) is 0 Å². The second-order valence-electron chi connectivity index (χ2n) is 5.09. The fourth-order valence-corrected chi connectivity index (χ4v) is 3.32. The van der Waals surface area contributed by atoms with Crippen LogP contribution in [0.5, 0.6) is 0 Å². The molecule has 1 unspecified atom stereocenters. The van der Waals surface area contributed by atoms with E-state index in [9.17, 15) is 0 Å². The molecule has 0 aliphatic carbocycles. The molecule has 2 heterocycles. The smallest absolute Gasteiger partial charge is 0.178 e. The number of aromatic nitrogens is 2. The van der Waals surface area contributed by atoms with Gasteiger partial charge in [0, 0.05) is 17.6 Å². The molecule has 6 heteroatoms. The quantitative estimate of drug-likeness (QED) is 0.858. The Bertz CT molecular complexity index is 666. The van der Waals surface area contributed by atoms with Gasteiger partial charge in [-0.3, -0.25) is 4.90 Å². The molecule has 1 aromatic carbocycles. The largest absolute Gasteiger partial charge is 0.374 e. The Hall–Kier alpha value is -0.690. The molecule has 0 saturated carbocycles. The van der Waals surface area contributed by atoms with Gasteiger partial charge in [0.1, 0.15) is 0 Å². The molecule has 0 amide bonds. The first-order valence-electron chi connectivity index (χ1n) is 6.89. The third-order valence-electron chi connectivity index (χ3n) is 3.79. The number of hydrogen-bond acceptors (Lipinski definition) is 3. The number of hydrogen-bond donors (Lipinski definition) is 1. The zero-order valence-corrected chi connectivity index (χ0v) is 13.8. The molecule has 1 saturated heterocycles. The minimum atomic E-state index is 0.202. The fourth-order valence-electron chi connectivity index (χ4n) is 2.69. The van der Waals surface area contributed by atoms with Gasteiger partial charge < -0.3 is 14.3 Å². The Balaban J connectivity index is 1.88. The number of benzene rings is 1. The first-order valence-corrected chi connectivity index (χ1v) is 8.09. The normalized spacial score (nSPS) is 20.6. The van der Waals surface area contributed by atoms with Gasteiger partial charge in [0.15, 0.2) is 4.77 Å². The number of morpholine rings is 1. The van der Waals surface area contributed by atoms with Crippen molar-refractivity contribution >= 4 is 39.2 Å². The van der Waals surface area contributed by atoms with Gasteiger partial charge in [0.2, 0.25) is 0 Å². The summed E-state index contributed by atoms with van der Waals surface area (Å²) in [5.41, 5.74) is 2.20. The van der Waals surface area contributed by atoms with Crippen LogP contribution in [0.15, 0.2) is 22.7 Å². The number of nitrogens with zero attached hydrogens (tertiary/aromatic N) is 2. The van der Waals surface area contributed by atoms with Gasteiger partial charge in [-0.2, -0.15) is 0 Å². The lowest BCUT2D eigenvalue weighted by molar-refractivity contribution is -0.0339. The fraction of sp³-hybridized carbons (Fsp3) is 0.500. The summed E-state index contributed by atoms with van der Waals surface area (Å²) in [6, 6.07) is 6.17. The van der Waals surface area contributed by atoms with E-state index in [4.69, 9.17) is 17.0 Å². The van der Waals surface area contributed by atoms with Crippen molar-refractivity contribution < 1.29 is 4.74 Å². The summed E-state index contributed by atoms with van der Waals surface area (Å²) in [5, 5.41) is 0. The van der Waals surface area contributed by atoms with Crippen LogP contribution in [0.4, 0.5) is 0 Å². The maximum atomic E-state index is 5.88. The molecule has 1 fully saturated rings. The van der Waals surface area contributed by atoms with E-state index in [-0.39, 0.29) is 6.10 Å². The average Bonchev–Trinajstić information content (AvgIpc) is 2.75. The molecule has 4 nitrogen and oxygen atoms in total. The van der Waals surface area contributed by atoms with Crippen molar-refractivity contribution in [2.24, 2.45) is 0 Å². The zero-order valence-electron chi connectivity index (χ0n) is 11.4. The van der Waals surface area contributed by atoms with E-state index in [1.54, 1.807) is 0 Å². The molecule has 0 spiro atoms. The molecule has 0 radical (unpaired) electrons. The number of ether oxygens (including phenoxy) is 1. The third-order valence-corrected chi connectivity index (χ3v) is 4.61. The second kappa shape index (κ2) is 5.97. The molecular formula is C14H18BrN3OS. The molecule has 1 aliphatic rings. The van der Waals surface area contributed by atoms with Gasteiger partial charge in [0.25, 0.3) is 0 Å². The van der Waals surface area contributed by atoms with Gasteiger partial charge in [-0.05, 0) is 37.0 Å².